The van der Waals surface area contributed by atoms with Crippen LogP contribution in [0.4, 0.5) is 0 Å². The van der Waals surface area contributed by atoms with Crippen molar-refractivity contribution in [2.24, 2.45) is 5.73 Å². The fourth-order valence-corrected chi connectivity index (χ4v) is 2.90. The predicted molar refractivity (Wildman–Crippen MR) is 77.2 cm³/mol. The van der Waals surface area contributed by atoms with Gasteiger partial charge in [-0.1, -0.05) is 12.1 Å². The lowest BCUT2D eigenvalue weighted by Crippen LogP contribution is -2.26. The number of nitrogens with two attached hydrogens (primary N) is 1. The maximum atomic E-state index is 6.10. The Hall–Kier alpha value is -2.14. The van der Waals surface area contributed by atoms with Crippen LogP contribution in [0.25, 0.3) is 0 Å². The molecule has 1 aromatic heterocycles. The quantitative estimate of drug-likeness (QED) is 0.869. The fraction of sp³-hybridized carbons (Fsp3) is 0.375. The van der Waals surface area contributed by atoms with Crippen LogP contribution < -0.4 is 15.2 Å². The lowest BCUT2D eigenvalue weighted by Gasteiger charge is -2.27. The molecule has 0 saturated heterocycles. The van der Waals surface area contributed by atoms with E-state index in [1.807, 2.05) is 30.5 Å². The molecule has 2 heterocycles. The van der Waals surface area contributed by atoms with Crippen molar-refractivity contribution in [2.45, 2.75) is 31.4 Å². The highest BCUT2D eigenvalue weighted by Crippen LogP contribution is 2.35. The third-order valence-corrected chi connectivity index (χ3v) is 4.04. The number of hydrogen-bond donors (Lipinski definition) is 1. The van der Waals surface area contributed by atoms with Gasteiger partial charge in [-0.3, -0.25) is 0 Å². The summed E-state index contributed by atoms with van der Waals surface area (Å²) < 4.78 is 11.7. The molecule has 2 N–H and O–H groups in total. The van der Waals surface area contributed by atoms with Gasteiger partial charge >= 0.3 is 0 Å². The van der Waals surface area contributed by atoms with Crippen molar-refractivity contribution >= 4 is 0 Å². The van der Waals surface area contributed by atoms with Gasteiger partial charge in [0.25, 0.3) is 0 Å². The summed E-state index contributed by atoms with van der Waals surface area (Å²) in [4.78, 5) is 9.11. The van der Waals surface area contributed by atoms with E-state index in [1.165, 1.54) is 0 Å². The number of aryl methyl sites for hydroxylation is 1. The van der Waals surface area contributed by atoms with Crippen molar-refractivity contribution in [1.82, 2.24) is 9.97 Å². The summed E-state index contributed by atoms with van der Waals surface area (Å²) in [7, 11) is 0. The van der Waals surface area contributed by atoms with E-state index in [1.54, 1.807) is 0 Å². The number of hydrogen-bond acceptors (Lipinski definition) is 5. The zero-order chi connectivity index (χ0) is 14.2. The Morgan fingerprint density at radius 3 is 2.95 bits per heavy atom. The lowest BCUT2D eigenvalue weighted by atomic mass is 9.93. The highest BCUT2D eigenvalue weighted by molar-refractivity contribution is 5.41. The van der Waals surface area contributed by atoms with Crippen molar-refractivity contribution < 1.29 is 9.47 Å². The molecule has 0 saturated carbocycles. The highest BCUT2D eigenvalue weighted by Gasteiger charge is 2.27. The van der Waals surface area contributed by atoms with E-state index in [0.717, 1.165) is 42.0 Å². The Kier molecular flexibility index (Phi) is 3.00. The van der Waals surface area contributed by atoms with E-state index in [2.05, 4.69) is 9.97 Å². The van der Waals surface area contributed by atoms with Gasteiger partial charge in [0.15, 0.2) is 23.4 Å². The van der Waals surface area contributed by atoms with Gasteiger partial charge in [0.1, 0.15) is 6.61 Å². The Bertz CT molecular complexity index is 674. The molecular weight excluding hydrogens is 266 g/mol. The fourth-order valence-electron chi connectivity index (χ4n) is 2.90. The monoisotopic (exact) mass is 283 g/mol. The van der Waals surface area contributed by atoms with E-state index in [0.29, 0.717) is 12.4 Å². The minimum absolute atomic E-state index is 0.0621. The van der Waals surface area contributed by atoms with Gasteiger partial charge < -0.3 is 15.2 Å². The maximum absolute atomic E-state index is 6.10. The third kappa shape index (κ3) is 2.23. The van der Waals surface area contributed by atoms with Crippen LogP contribution in [-0.2, 0) is 6.42 Å². The summed E-state index contributed by atoms with van der Waals surface area (Å²) in [5, 5.41) is 0. The van der Waals surface area contributed by atoms with Crippen molar-refractivity contribution in [3.8, 4) is 11.5 Å². The van der Waals surface area contributed by atoms with E-state index < -0.39 is 0 Å². The number of para-hydroxylation sites is 2. The van der Waals surface area contributed by atoms with Crippen LogP contribution in [0.2, 0.25) is 0 Å². The molecule has 0 amide bonds. The van der Waals surface area contributed by atoms with Gasteiger partial charge in [0.2, 0.25) is 0 Å². The Morgan fingerprint density at radius 2 is 2.05 bits per heavy atom. The zero-order valence-corrected chi connectivity index (χ0v) is 11.7. The Labute approximate surface area is 123 Å². The molecule has 2 atom stereocenters. The molecular formula is C16H17N3O2. The van der Waals surface area contributed by atoms with Gasteiger partial charge in [0.05, 0.1) is 0 Å². The molecule has 4 rings (SSSR count). The summed E-state index contributed by atoms with van der Waals surface area (Å²) in [6.45, 7) is 0.432. The van der Waals surface area contributed by atoms with Crippen LogP contribution in [0.1, 0.15) is 42.1 Å². The van der Waals surface area contributed by atoms with E-state index in [9.17, 15) is 0 Å². The first-order valence-corrected chi connectivity index (χ1v) is 7.31. The molecule has 108 valence electrons. The van der Waals surface area contributed by atoms with Crippen LogP contribution in [0.3, 0.4) is 0 Å². The average molecular weight is 283 g/mol. The Balaban J connectivity index is 1.63. The standard InChI is InChI=1S/C16H17N3O2/c17-11-4-3-5-12-10(11)8-18-16(19-12)15-9-20-13-6-1-2-7-14(13)21-15/h1-2,6-8,11,15H,3-5,9,17H2. The lowest BCUT2D eigenvalue weighted by molar-refractivity contribution is 0.0847. The molecule has 1 aliphatic carbocycles. The molecule has 0 radical (unpaired) electrons. The molecule has 2 aromatic rings. The number of rotatable bonds is 1. The number of ether oxygens (including phenoxy) is 2. The van der Waals surface area contributed by atoms with E-state index >= 15 is 0 Å². The smallest absolute Gasteiger partial charge is 0.192 e. The van der Waals surface area contributed by atoms with E-state index in [-0.39, 0.29) is 12.1 Å². The number of nitrogens with zero attached hydrogens (tertiary/aromatic N) is 2. The van der Waals surface area contributed by atoms with Crippen LogP contribution >= 0.6 is 0 Å². The second-order valence-corrected chi connectivity index (χ2v) is 5.49. The Morgan fingerprint density at radius 1 is 1.19 bits per heavy atom. The summed E-state index contributed by atoms with van der Waals surface area (Å²) in [5.41, 5.74) is 8.23. The van der Waals surface area contributed by atoms with Crippen molar-refractivity contribution in [3.05, 3.63) is 47.5 Å². The second kappa shape index (κ2) is 5.00. The first-order valence-electron chi connectivity index (χ1n) is 7.31. The van der Waals surface area contributed by atoms with Gasteiger partial charge in [-0.15, -0.1) is 0 Å². The first-order chi connectivity index (χ1) is 10.3. The van der Waals surface area contributed by atoms with Crippen LogP contribution in [0.15, 0.2) is 30.5 Å². The molecule has 0 spiro atoms. The second-order valence-electron chi connectivity index (χ2n) is 5.49. The van der Waals surface area contributed by atoms with Crippen LogP contribution in [-0.4, -0.2) is 16.6 Å². The SMILES string of the molecule is NC1CCCc2nc(C3COc4ccccc4O3)ncc21. The van der Waals surface area contributed by atoms with E-state index in [4.69, 9.17) is 15.2 Å². The van der Waals surface area contributed by atoms with Gasteiger partial charge in [-0.2, -0.15) is 0 Å². The average Bonchev–Trinajstić information content (AvgIpc) is 2.54. The molecule has 0 bridgehead atoms. The molecule has 5 heteroatoms. The summed E-state index contributed by atoms with van der Waals surface area (Å²) in [6, 6.07) is 7.72. The largest absolute Gasteiger partial charge is 0.485 e. The van der Waals surface area contributed by atoms with Gasteiger partial charge in [0, 0.05) is 23.5 Å². The third-order valence-electron chi connectivity index (χ3n) is 4.04. The normalized spacial score (nSPS) is 23.5. The minimum Gasteiger partial charge on any atom is -0.485 e. The topological polar surface area (TPSA) is 70.3 Å². The summed E-state index contributed by atoms with van der Waals surface area (Å²) >= 11 is 0. The molecule has 1 aliphatic heterocycles. The van der Waals surface area contributed by atoms with Crippen molar-refractivity contribution in [1.29, 1.82) is 0 Å². The molecule has 1 aromatic carbocycles. The number of aromatic nitrogens is 2. The van der Waals surface area contributed by atoms with Crippen molar-refractivity contribution in [2.75, 3.05) is 6.61 Å². The molecule has 21 heavy (non-hydrogen) atoms. The molecule has 5 nitrogen and oxygen atoms in total. The number of fused-ring (bicyclic) bond motifs is 2. The first kappa shape index (κ1) is 12.6. The number of benzene rings is 1. The highest BCUT2D eigenvalue weighted by atomic mass is 16.6. The summed E-state index contributed by atoms with van der Waals surface area (Å²) in [6.07, 6.45) is 4.64. The van der Waals surface area contributed by atoms with Crippen LogP contribution in [0, 0.1) is 0 Å². The predicted octanol–water partition coefficient (Wildman–Crippen LogP) is 2.33. The molecule has 2 unspecified atom stereocenters. The minimum atomic E-state index is -0.261. The van der Waals surface area contributed by atoms with Crippen molar-refractivity contribution in [3.63, 3.8) is 0 Å². The zero-order valence-electron chi connectivity index (χ0n) is 11.7. The van der Waals surface area contributed by atoms with Gasteiger partial charge in [-0.05, 0) is 31.4 Å². The maximum Gasteiger partial charge on any atom is 0.192 e. The van der Waals surface area contributed by atoms with Gasteiger partial charge in [-0.25, -0.2) is 9.97 Å². The molecule has 2 aliphatic rings. The molecule has 0 fully saturated rings. The van der Waals surface area contributed by atoms with Crippen LogP contribution in [0.5, 0.6) is 11.5 Å². The summed E-state index contributed by atoms with van der Waals surface area (Å²) in [5.74, 6) is 2.19.